The van der Waals surface area contributed by atoms with E-state index in [0.29, 0.717) is 0 Å². The van der Waals surface area contributed by atoms with E-state index in [9.17, 15) is 4.39 Å². The molecule has 0 aliphatic carbocycles. The van der Waals surface area contributed by atoms with Gasteiger partial charge in [-0.1, -0.05) is 0 Å². The Morgan fingerprint density at radius 3 is 2.90 bits per heavy atom. The fourth-order valence-corrected chi connectivity index (χ4v) is 4.86. The molecule has 1 aliphatic heterocycles. The SMILES string of the molecule is Fc1ccc(-n2cc(CNC[C@@H]3CSCCS3)cn2)cc1. The van der Waals surface area contributed by atoms with Gasteiger partial charge in [-0.15, -0.1) is 0 Å². The van der Waals surface area contributed by atoms with Gasteiger partial charge in [-0.05, 0) is 24.3 Å². The number of nitrogens with zero attached hydrogens (tertiary/aromatic N) is 2. The molecule has 3 nitrogen and oxygen atoms in total. The van der Waals surface area contributed by atoms with Gasteiger partial charge in [-0.3, -0.25) is 0 Å². The number of benzene rings is 1. The Morgan fingerprint density at radius 1 is 1.29 bits per heavy atom. The number of hydrogen-bond acceptors (Lipinski definition) is 4. The van der Waals surface area contributed by atoms with Gasteiger partial charge in [-0.2, -0.15) is 28.6 Å². The third-order valence-electron chi connectivity index (χ3n) is 3.31. The Balaban J connectivity index is 1.51. The summed E-state index contributed by atoms with van der Waals surface area (Å²) >= 11 is 4.11. The number of halogens is 1. The van der Waals surface area contributed by atoms with Gasteiger partial charge in [0.25, 0.3) is 0 Å². The van der Waals surface area contributed by atoms with Crippen molar-refractivity contribution in [3.8, 4) is 5.69 Å². The van der Waals surface area contributed by atoms with E-state index in [4.69, 9.17) is 0 Å². The minimum atomic E-state index is -0.226. The Morgan fingerprint density at radius 2 is 2.14 bits per heavy atom. The van der Waals surface area contributed by atoms with Crippen molar-refractivity contribution in [2.75, 3.05) is 23.8 Å². The lowest BCUT2D eigenvalue weighted by Crippen LogP contribution is -2.28. The zero-order valence-electron chi connectivity index (χ0n) is 11.7. The van der Waals surface area contributed by atoms with Crippen LogP contribution in [0.4, 0.5) is 4.39 Å². The molecule has 2 aromatic rings. The predicted octanol–water partition coefficient (Wildman–Crippen LogP) is 2.95. The summed E-state index contributed by atoms with van der Waals surface area (Å²) in [4.78, 5) is 0. The molecule has 1 fully saturated rings. The lowest BCUT2D eigenvalue weighted by atomic mass is 10.3. The van der Waals surface area contributed by atoms with E-state index in [2.05, 4.69) is 22.2 Å². The van der Waals surface area contributed by atoms with Crippen molar-refractivity contribution in [1.29, 1.82) is 0 Å². The zero-order chi connectivity index (χ0) is 14.5. The van der Waals surface area contributed by atoms with Gasteiger partial charge >= 0.3 is 0 Å². The smallest absolute Gasteiger partial charge is 0.123 e. The Kier molecular flexibility index (Phi) is 5.22. The molecule has 21 heavy (non-hydrogen) atoms. The number of hydrogen-bond donors (Lipinski definition) is 1. The second kappa shape index (κ2) is 7.33. The van der Waals surface area contributed by atoms with E-state index in [-0.39, 0.29) is 5.82 Å². The van der Waals surface area contributed by atoms with E-state index in [0.717, 1.165) is 29.6 Å². The van der Waals surface area contributed by atoms with Crippen molar-refractivity contribution in [2.24, 2.45) is 0 Å². The summed E-state index contributed by atoms with van der Waals surface area (Å²) in [6.07, 6.45) is 3.85. The second-order valence-corrected chi connectivity index (χ2v) is 7.53. The molecule has 0 spiro atoms. The van der Waals surface area contributed by atoms with Gasteiger partial charge in [0.15, 0.2) is 0 Å². The molecular formula is C15H18FN3S2. The van der Waals surface area contributed by atoms with Crippen LogP contribution in [0.3, 0.4) is 0 Å². The lowest BCUT2D eigenvalue weighted by molar-refractivity contribution is 0.627. The molecule has 112 valence electrons. The largest absolute Gasteiger partial charge is 0.311 e. The van der Waals surface area contributed by atoms with Crippen LogP contribution in [0.5, 0.6) is 0 Å². The standard InChI is InChI=1S/C15H18FN3S2/c16-13-1-3-14(4-2-13)19-10-12(8-18-19)7-17-9-15-11-20-5-6-21-15/h1-4,8,10,15,17H,5-7,9,11H2/t15-/m1/s1. The van der Waals surface area contributed by atoms with Crippen LogP contribution in [0, 0.1) is 5.82 Å². The molecule has 0 amide bonds. The number of thioether (sulfide) groups is 2. The summed E-state index contributed by atoms with van der Waals surface area (Å²) in [5.41, 5.74) is 2.02. The van der Waals surface area contributed by atoms with Gasteiger partial charge in [0, 0.05) is 47.4 Å². The first-order chi connectivity index (χ1) is 10.3. The molecule has 1 aromatic carbocycles. The van der Waals surface area contributed by atoms with E-state index >= 15 is 0 Å². The maximum absolute atomic E-state index is 12.9. The highest BCUT2D eigenvalue weighted by Gasteiger charge is 2.13. The Hall–Kier alpha value is -0.980. The first-order valence-corrected chi connectivity index (χ1v) is 9.21. The van der Waals surface area contributed by atoms with Gasteiger partial charge in [0.2, 0.25) is 0 Å². The summed E-state index contributed by atoms with van der Waals surface area (Å²) in [7, 11) is 0. The number of nitrogens with one attached hydrogen (secondary N) is 1. The maximum atomic E-state index is 12.9. The van der Waals surface area contributed by atoms with Crippen molar-refractivity contribution in [3.63, 3.8) is 0 Å². The van der Waals surface area contributed by atoms with Crippen molar-refractivity contribution in [3.05, 3.63) is 48.0 Å². The molecule has 1 atom stereocenters. The number of rotatable bonds is 5. The molecule has 1 aliphatic rings. The van der Waals surface area contributed by atoms with Crippen LogP contribution in [-0.2, 0) is 6.54 Å². The first kappa shape index (κ1) is 14.9. The molecule has 0 radical (unpaired) electrons. The molecular weight excluding hydrogens is 305 g/mol. The molecule has 2 heterocycles. The average Bonchev–Trinajstić information content (AvgIpc) is 2.98. The molecule has 1 saturated heterocycles. The minimum Gasteiger partial charge on any atom is -0.311 e. The fourth-order valence-electron chi connectivity index (χ4n) is 2.22. The van der Waals surface area contributed by atoms with Crippen LogP contribution in [0.2, 0.25) is 0 Å². The molecule has 6 heteroatoms. The van der Waals surface area contributed by atoms with Crippen LogP contribution >= 0.6 is 23.5 Å². The van der Waals surface area contributed by atoms with Crippen LogP contribution < -0.4 is 5.32 Å². The highest BCUT2D eigenvalue weighted by molar-refractivity contribution is 8.06. The van der Waals surface area contributed by atoms with Crippen molar-refractivity contribution < 1.29 is 4.39 Å². The van der Waals surface area contributed by atoms with Gasteiger partial charge in [-0.25, -0.2) is 9.07 Å². The third-order valence-corrected chi connectivity index (χ3v) is 6.16. The Bertz CT molecular complexity index is 565. The Labute approximate surface area is 132 Å². The van der Waals surface area contributed by atoms with Crippen LogP contribution in [0.15, 0.2) is 36.7 Å². The van der Waals surface area contributed by atoms with Gasteiger partial charge in [0.1, 0.15) is 5.82 Å². The maximum Gasteiger partial charge on any atom is 0.123 e. The van der Waals surface area contributed by atoms with E-state index in [1.54, 1.807) is 16.8 Å². The minimum absolute atomic E-state index is 0.226. The molecule has 0 unspecified atom stereocenters. The molecule has 3 rings (SSSR count). The summed E-state index contributed by atoms with van der Waals surface area (Å²) in [5, 5.41) is 8.54. The summed E-state index contributed by atoms with van der Waals surface area (Å²) in [6.45, 7) is 1.86. The van der Waals surface area contributed by atoms with Crippen LogP contribution in [0.25, 0.3) is 5.69 Å². The highest BCUT2D eigenvalue weighted by Crippen LogP contribution is 2.23. The van der Waals surface area contributed by atoms with E-state index in [1.165, 1.54) is 29.4 Å². The van der Waals surface area contributed by atoms with Crippen molar-refractivity contribution >= 4 is 23.5 Å². The van der Waals surface area contributed by atoms with Gasteiger partial charge < -0.3 is 5.32 Å². The third kappa shape index (κ3) is 4.25. The monoisotopic (exact) mass is 323 g/mol. The fraction of sp³-hybridized carbons (Fsp3) is 0.400. The second-order valence-electron chi connectivity index (χ2n) is 4.97. The average molecular weight is 323 g/mol. The molecule has 0 bridgehead atoms. The van der Waals surface area contributed by atoms with Gasteiger partial charge in [0.05, 0.1) is 11.9 Å². The summed E-state index contributed by atoms with van der Waals surface area (Å²) < 4.78 is 14.7. The molecule has 1 aromatic heterocycles. The quantitative estimate of drug-likeness (QED) is 0.916. The molecule has 1 N–H and O–H groups in total. The van der Waals surface area contributed by atoms with Crippen LogP contribution in [-0.4, -0.2) is 38.8 Å². The highest BCUT2D eigenvalue weighted by atomic mass is 32.2. The normalized spacial score (nSPS) is 18.8. The topological polar surface area (TPSA) is 29.9 Å². The predicted molar refractivity (Wildman–Crippen MR) is 88.8 cm³/mol. The first-order valence-electron chi connectivity index (χ1n) is 7.01. The van der Waals surface area contributed by atoms with Crippen molar-refractivity contribution in [1.82, 2.24) is 15.1 Å². The lowest BCUT2D eigenvalue weighted by Gasteiger charge is -2.20. The zero-order valence-corrected chi connectivity index (χ0v) is 13.3. The summed E-state index contributed by atoms with van der Waals surface area (Å²) in [6, 6.07) is 6.37. The summed E-state index contributed by atoms with van der Waals surface area (Å²) in [5.74, 6) is 3.56. The van der Waals surface area contributed by atoms with Crippen LogP contribution in [0.1, 0.15) is 5.56 Å². The number of aromatic nitrogens is 2. The molecule has 0 saturated carbocycles. The van der Waals surface area contributed by atoms with E-state index in [1.807, 2.05) is 24.2 Å². The van der Waals surface area contributed by atoms with E-state index < -0.39 is 0 Å². The van der Waals surface area contributed by atoms with Crippen molar-refractivity contribution in [2.45, 2.75) is 11.8 Å².